The van der Waals surface area contributed by atoms with Crippen molar-refractivity contribution in [2.24, 2.45) is 0 Å². The van der Waals surface area contributed by atoms with Gasteiger partial charge in [0, 0.05) is 37.8 Å². The number of benzene rings is 1. The minimum atomic E-state index is -0.678. The number of hydrogen-bond donors (Lipinski definition) is 2. The van der Waals surface area contributed by atoms with Crippen LogP contribution < -0.4 is 5.32 Å². The minimum absolute atomic E-state index is 0.171. The van der Waals surface area contributed by atoms with Gasteiger partial charge in [0.05, 0.1) is 11.6 Å². The van der Waals surface area contributed by atoms with E-state index in [1.54, 1.807) is 6.08 Å². The van der Waals surface area contributed by atoms with Crippen LogP contribution in [0.15, 0.2) is 24.8 Å². The third kappa shape index (κ3) is 3.41. The molecular formula is C16H20FN3O. The Balaban J connectivity index is 2.42. The summed E-state index contributed by atoms with van der Waals surface area (Å²) in [5.41, 5.74) is 0.739. The van der Waals surface area contributed by atoms with Crippen molar-refractivity contribution in [2.45, 2.75) is 18.9 Å². The summed E-state index contributed by atoms with van der Waals surface area (Å²) in [5.74, 6) is -1.08. The number of nitrogens with one attached hydrogen (secondary N) is 1. The van der Waals surface area contributed by atoms with E-state index >= 15 is 0 Å². The van der Waals surface area contributed by atoms with E-state index in [0.717, 1.165) is 38.7 Å². The van der Waals surface area contributed by atoms with Gasteiger partial charge in [0.2, 0.25) is 0 Å². The van der Waals surface area contributed by atoms with Crippen LogP contribution in [-0.2, 0) is 0 Å². The highest BCUT2D eigenvalue weighted by molar-refractivity contribution is 5.48. The summed E-state index contributed by atoms with van der Waals surface area (Å²) < 4.78 is 13.7. The summed E-state index contributed by atoms with van der Waals surface area (Å²) >= 11 is 0. The molecule has 0 saturated carbocycles. The highest BCUT2D eigenvalue weighted by atomic mass is 19.1. The molecule has 1 aliphatic heterocycles. The molecule has 1 aliphatic rings. The fourth-order valence-electron chi connectivity index (χ4n) is 2.80. The smallest absolute Gasteiger partial charge is 0.165 e. The number of phenolic OH excluding ortho intramolecular Hbond substituents is 1. The molecule has 21 heavy (non-hydrogen) atoms. The third-order valence-electron chi connectivity index (χ3n) is 3.86. The highest BCUT2D eigenvalue weighted by Gasteiger charge is 2.27. The van der Waals surface area contributed by atoms with Crippen molar-refractivity contribution in [1.29, 1.82) is 5.26 Å². The van der Waals surface area contributed by atoms with E-state index in [1.807, 2.05) is 0 Å². The molecule has 5 heteroatoms. The lowest BCUT2D eigenvalue weighted by Gasteiger charge is -2.35. The molecule has 1 heterocycles. The highest BCUT2D eigenvalue weighted by Crippen LogP contribution is 2.36. The van der Waals surface area contributed by atoms with Crippen molar-refractivity contribution in [3.8, 4) is 11.8 Å². The molecule has 1 saturated heterocycles. The normalized spacial score (nSPS) is 17.1. The number of halogens is 1. The molecule has 0 aromatic heterocycles. The van der Waals surface area contributed by atoms with Gasteiger partial charge in [-0.05, 0) is 25.0 Å². The Labute approximate surface area is 124 Å². The molecule has 0 spiro atoms. The second-order valence-electron chi connectivity index (χ2n) is 5.14. The van der Waals surface area contributed by atoms with Gasteiger partial charge in [-0.2, -0.15) is 5.26 Å². The number of aromatic hydroxyl groups is 1. The summed E-state index contributed by atoms with van der Waals surface area (Å²) in [6.07, 6.45) is 3.25. The predicted octanol–water partition coefficient (Wildman–Crippen LogP) is 2.32. The number of hydrogen-bond acceptors (Lipinski definition) is 4. The Morgan fingerprint density at radius 2 is 2.19 bits per heavy atom. The molecule has 112 valence electrons. The predicted molar refractivity (Wildman–Crippen MR) is 79.4 cm³/mol. The van der Waals surface area contributed by atoms with Crippen LogP contribution in [0, 0.1) is 17.1 Å². The first-order valence-corrected chi connectivity index (χ1v) is 7.16. The van der Waals surface area contributed by atoms with Crippen LogP contribution in [0.1, 0.15) is 30.0 Å². The second kappa shape index (κ2) is 7.21. The van der Waals surface area contributed by atoms with Crippen LogP contribution in [0.5, 0.6) is 5.75 Å². The molecule has 0 aliphatic carbocycles. The minimum Gasteiger partial charge on any atom is -0.505 e. The van der Waals surface area contributed by atoms with Crippen LogP contribution >= 0.6 is 0 Å². The lowest BCUT2D eigenvalue weighted by atomic mass is 9.94. The molecule has 4 nitrogen and oxygen atoms in total. The van der Waals surface area contributed by atoms with Gasteiger partial charge in [-0.3, -0.25) is 4.90 Å². The zero-order chi connectivity index (χ0) is 15.2. The number of piperazine rings is 1. The van der Waals surface area contributed by atoms with Crippen LogP contribution in [0.4, 0.5) is 4.39 Å². The maximum absolute atomic E-state index is 13.7. The SMILES string of the molecule is C=CCC[C@@H](c1c(C#N)ccc(F)c1O)N1CCNCC1. The maximum atomic E-state index is 13.7. The molecule has 0 unspecified atom stereocenters. The number of nitriles is 1. The first kappa shape index (κ1) is 15.5. The van der Waals surface area contributed by atoms with Crippen LogP contribution in [-0.4, -0.2) is 36.2 Å². The molecule has 1 fully saturated rings. The van der Waals surface area contributed by atoms with Gasteiger partial charge in [-0.15, -0.1) is 6.58 Å². The lowest BCUT2D eigenvalue weighted by Crippen LogP contribution is -2.45. The van der Waals surface area contributed by atoms with Crippen molar-refractivity contribution in [3.63, 3.8) is 0 Å². The van der Waals surface area contributed by atoms with Crippen molar-refractivity contribution >= 4 is 0 Å². The first-order valence-electron chi connectivity index (χ1n) is 7.16. The van der Waals surface area contributed by atoms with E-state index in [0.29, 0.717) is 17.5 Å². The quantitative estimate of drug-likeness (QED) is 0.817. The van der Waals surface area contributed by atoms with Crippen LogP contribution in [0.3, 0.4) is 0 Å². The Kier molecular flexibility index (Phi) is 5.32. The van der Waals surface area contributed by atoms with Crippen molar-refractivity contribution < 1.29 is 9.50 Å². The van der Waals surface area contributed by atoms with Crippen LogP contribution in [0.25, 0.3) is 0 Å². The van der Waals surface area contributed by atoms with Gasteiger partial charge >= 0.3 is 0 Å². The fourth-order valence-corrected chi connectivity index (χ4v) is 2.80. The average Bonchev–Trinajstić information content (AvgIpc) is 2.52. The first-order chi connectivity index (χ1) is 10.2. The third-order valence-corrected chi connectivity index (χ3v) is 3.86. The van der Waals surface area contributed by atoms with Gasteiger partial charge in [-0.1, -0.05) is 6.08 Å². The molecule has 0 radical (unpaired) electrons. The van der Waals surface area contributed by atoms with Crippen molar-refractivity contribution in [3.05, 3.63) is 41.7 Å². The standard InChI is InChI=1S/C16H20FN3O/c1-2-3-4-14(20-9-7-19-8-10-20)15-12(11-18)5-6-13(17)16(15)21/h2,5-6,14,19,21H,1,3-4,7-10H2/t14-/m0/s1. The summed E-state index contributed by atoms with van der Waals surface area (Å²) in [6, 6.07) is 4.47. The molecule has 0 bridgehead atoms. The average molecular weight is 289 g/mol. The molecule has 2 rings (SSSR count). The lowest BCUT2D eigenvalue weighted by molar-refractivity contribution is 0.163. The molecule has 2 N–H and O–H groups in total. The molecule has 0 amide bonds. The molecule has 1 aromatic rings. The summed E-state index contributed by atoms with van der Waals surface area (Å²) in [7, 11) is 0. The zero-order valence-corrected chi connectivity index (χ0v) is 12.0. The Morgan fingerprint density at radius 1 is 1.48 bits per heavy atom. The van der Waals surface area contributed by atoms with E-state index in [-0.39, 0.29) is 6.04 Å². The van der Waals surface area contributed by atoms with Gasteiger partial charge in [0.1, 0.15) is 0 Å². The Bertz CT molecular complexity index is 547. The second-order valence-corrected chi connectivity index (χ2v) is 5.14. The number of phenols is 1. The number of nitrogens with zero attached hydrogens (tertiary/aromatic N) is 2. The Morgan fingerprint density at radius 3 is 2.81 bits per heavy atom. The van der Waals surface area contributed by atoms with Crippen molar-refractivity contribution in [2.75, 3.05) is 26.2 Å². The van der Waals surface area contributed by atoms with Crippen LogP contribution in [0.2, 0.25) is 0 Å². The maximum Gasteiger partial charge on any atom is 0.165 e. The van der Waals surface area contributed by atoms with E-state index in [1.165, 1.54) is 6.07 Å². The number of allylic oxidation sites excluding steroid dienone is 1. The molecule has 1 aromatic carbocycles. The van der Waals surface area contributed by atoms with Crippen molar-refractivity contribution in [1.82, 2.24) is 10.2 Å². The molecule has 1 atom stereocenters. The van der Waals surface area contributed by atoms with E-state index in [2.05, 4.69) is 22.9 Å². The topological polar surface area (TPSA) is 59.3 Å². The monoisotopic (exact) mass is 289 g/mol. The summed E-state index contributed by atoms with van der Waals surface area (Å²) in [5, 5.41) is 22.7. The van der Waals surface area contributed by atoms with E-state index < -0.39 is 11.6 Å². The zero-order valence-electron chi connectivity index (χ0n) is 12.0. The number of rotatable bonds is 5. The van der Waals surface area contributed by atoms with Gasteiger partial charge in [-0.25, -0.2) is 4.39 Å². The fraction of sp³-hybridized carbons (Fsp3) is 0.438. The Hall–Kier alpha value is -1.90. The van der Waals surface area contributed by atoms with E-state index in [9.17, 15) is 14.8 Å². The summed E-state index contributed by atoms with van der Waals surface area (Å²) in [4.78, 5) is 2.19. The van der Waals surface area contributed by atoms with Gasteiger partial charge in [0.25, 0.3) is 0 Å². The molecular weight excluding hydrogens is 269 g/mol. The summed E-state index contributed by atoms with van der Waals surface area (Å²) in [6.45, 7) is 7.04. The largest absolute Gasteiger partial charge is 0.505 e. The van der Waals surface area contributed by atoms with E-state index in [4.69, 9.17) is 0 Å². The van der Waals surface area contributed by atoms with Gasteiger partial charge in [0.15, 0.2) is 11.6 Å². The van der Waals surface area contributed by atoms with Gasteiger partial charge < -0.3 is 10.4 Å².